The number of carbonyl (C=O) groups excluding carboxylic acids is 1. The molecule has 5 heteroatoms. The van der Waals surface area contributed by atoms with Crippen molar-refractivity contribution in [1.82, 2.24) is 0 Å². The van der Waals surface area contributed by atoms with E-state index in [2.05, 4.69) is 5.32 Å². The van der Waals surface area contributed by atoms with E-state index in [4.69, 9.17) is 5.11 Å². The first-order valence-electron chi connectivity index (χ1n) is 6.33. The molecule has 0 aliphatic heterocycles. The number of carbonyl (C=O) groups is 2. The third-order valence-electron chi connectivity index (χ3n) is 3.12. The Morgan fingerprint density at radius 3 is 2.38 bits per heavy atom. The maximum absolute atomic E-state index is 12.1. The van der Waals surface area contributed by atoms with Crippen LogP contribution in [0, 0.1) is 13.8 Å². The molecule has 0 bridgehead atoms. The van der Waals surface area contributed by atoms with Crippen LogP contribution in [0.15, 0.2) is 36.4 Å². The number of phenols is 1. The Morgan fingerprint density at radius 2 is 1.71 bits per heavy atom. The first-order valence-corrected chi connectivity index (χ1v) is 6.33. The number of benzene rings is 2. The van der Waals surface area contributed by atoms with Crippen LogP contribution in [0.3, 0.4) is 0 Å². The van der Waals surface area contributed by atoms with Gasteiger partial charge in [-0.25, -0.2) is 4.79 Å². The number of rotatable bonds is 3. The molecule has 0 unspecified atom stereocenters. The Bertz CT molecular complexity index is 722. The van der Waals surface area contributed by atoms with Gasteiger partial charge in [-0.1, -0.05) is 17.7 Å². The van der Waals surface area contributed by atoms with E-state index in [1.54, 1.807) is 31.2 Å². The Balaban J connectivity index is 2.29. The first-order chi connectivity index (χ1) is 9.88. The number of hydrogen-bond donors (Lipinski definition) is 3. The summed E-state index contributed by atoms with van der Waals surface area (Å²) in [4.78, 5) is 23.2. The van der Waals surface area contributed by atoms with E-state index in [0.29, 0.717) is 11.3 Å². The number of hydrogen-bond acceptors (Lipinski definition) is 3. The van der Waals surface area contributed by atoms with Crippen LogP contribution in [0.4, 0.5) is 5.69 Å². The van der Waals surface area contributed by atoms with Gasteiger partial charge in [0.05, 0.1) is 11.1 Å². The second kappa shape index (κ2) is 5.66. The molecule has 0 atom stereocenters. The van der Waals surface area contributed by atoms with Crippen LogP contribution in [-0.2, 0) is 0 Å². The molecule has 0 spiro atoms. The SMILES string of the molecule is Cc1ccc(O)c(C(=O)Nc2ccc(C)c(C(=O)O)c2)c1. The number of aromatic carboxylic acids is 1. The molecule has 0 aromatic heterocycles. The van der Waals surface area contributed by atoms with Crippen molar-refractivity contribution in [2.75, 3.05) is 5.32 Å². The maximum atomic E-state index is 12.1. The lowest BCUT2D eigenvalue weighted by molar-refractivity contribution is 0.0695. The molecule has 108 valence electrons. The zero-order chi connectivity index (χ0) is 15.6. The summed E-state index contributed by atoms with van der Waals surface area (Å²) in [7, 11) is 0. The van der Waals surface area contributed by atoms with E-state index in [1.807, 2.05) is 6.92 Å². The molecular formula is C16H15NO4. The van der Waals surface area contributed by atoms with Gasteiger partial charge in [0.2, 0.25) is 0 Å². The fourth-order valence-electron chi connectivity index (χ4n) is 1.96. The lowest BCUT2D eigenvalue weighted by Crippen LogP contribution is -2.13. The van der Waals surface area contributed by atoms with Gasteiger partial charge in [0.25, 0.3) is 5.91 Å². The summed E-state index contributed by atoms with van der Waals surface area (Å²) in [5.41, 5.74) is 2.09. The third kappa shape index (κ3) is 3.20. The molecule has 2 rings (SSSR count). The fraction of sp³-hybridized carbons (Fsp3) is 0.125. The molecule has 2 aromatic carbocycles. The van der Waals surface area contributed by atoms with Gasteiger partial charge in [-0.3, -0.25) is 4.79 Å². The molecular weight excluding hydrogens is 270 g/mol. The molecule has 21 heavy (non-hydrogen) atoms. The topological polar surface area (TPSA) is 86.6 Å². The van der Waals surface area contributed by atoms with E-state index < -0.39 is 11.9 Å². The molecule has 0 fully saturated rings. The molecule has 2 aromatic rings. The van der Waals surface area contributed by atoms with Crippen LogP contribution in [-0.4, -0.2) is 22.1 Å². The second-order valence-electron chi connectivity index (χ2n) is 4.81. The van der Waals surface area contributed by atoms with Crippen molar-refractivity contribution in [3.8, 4) is 5.75 Å². The standard InChI is InChI=1S/C16H15NO4/c1-9-3-6-14(18)13(7-9)15(19)17-11-5-4-10(2)12(8-11)16(20)21/h3-8,18H,1-2H3,(H,17,19)(H,20,21). The van der Waals surface area contributed by atoms with Gasteiger partial charge in [-0.05, 0) is 43.7 Å². The minimum Gasteiger partial charge on any atom is -0.507 e. The first kappa shape index (κ1) is 14.6. The minimum absolute atomic E-state index is 0.122. The number of carboxylic acids is 1. The molecule has 1 amide bonds. The maximum Gasteiger partial charge on any atom is 0.336 e. The number of aromatic hydroxyl groups is 1. The van der Waals surface area contributed by atoms with Crippen LogP contribution in [0.5, 0.6) is 5.75 Å². The largest absolute Gasteiger partial charge is 0.507 e. The number of amides is 1. The fourth-order valence-corrected chi connectivity index (χ4v) is 1.96. The zero-order valence-corrected chi connectivity index (χ0v) is 11.7. The van der Waals surface area contributed by atoms with E-state index in [1.165, 1.54) is 12.1 Å². The molecule has 5 nitrogen and oxygen atoms in total. The van der Waals surface area contributed by atoms with Crippen molar-refractivity contribution in [1.29, 1.82) is 0 Å². The molecule has 0 heterocycles. The smallest absolute Gasteiger partial charge is 0.336 e. The van der Waals surface area contributed by atoms with E-state index >= 15 is 0 Å². The van der Waals surface area contributed by atoms with Crippen molar-refractivity contribution in [3.63, 3.8) is 0 Å². The highest BCUT2D eigenvalue weighted by Gasteiger charge is 2.13. The monoisotopic (exact) mass is 285 g/mol. The highest BCUT2D eigenvalue weighted by molar-refractivity contribution is 6.06. The van der Waals surface area contributed by atoms with Crippen molar-refractivity contribution < 1.29 is 19.8 Å². The van der Waals surface area contributed by atoms with Crippen LogP contribution < -0.4 is 5.32 Å². The molecule has 3 N–H and O–H groups in total. The van der Waals surface area contributed by atoms with E-state index in [0.717, 1.165) is 5.56 Å². The Labute approximate surface area is 121 Å². The average molecular weight is 285 g/mol. The lowest BCUT2D eigenvalue weighted by Gasteiger charge is -2.09. The summed E-state index contributed by atoms with van der Waals surface area (Å²) in [6, 6.07) is 9.34. The lowest BCUT2D eigenvalue weighted by atomic mass is 10.1. The molecule has 0 aliphatic carbocycles. The third-order valence-corrected chi connectivity index (χ3v) is 3.12. The highest BCUT2D eigenvalue weighted by Crippen LogP contribution is 2.21. The number of anilines is 1. The molecule has 0 saturated heterocycles. The van der Waals surface area contributed by atoms with Crippen molar-refractivity contribution in [2.45, 2.75) is 13.8 Å². The summed E-state index contributed by atoms with van der Waals surface area (Å²) in [5, 5.41) is 21.4. The van der Waals surface area contributed by atoms with Crippen molar-refractivity contribution in [3.05, 3.63) is 58.7 Å². The molecule has 0 saturated carbocycles. The number of nitrogens with one attached hydrogen (secondary N) is 1. The van der Waals surface area contributed by atoms with E-state index in [-0.39, 0.29) is 16.9 Å². The van der Waals surface area contributed by atoms with Crippen molar-refractivity contribution >= 4 is 17.6 Å². The van der Waals surface area contributed by atoms with E-state index in [9.17, 15) is 14.7 Å². The summed E-state index contributed by atoms with van der Waals surface area (Å²) < 4.78 is 0. The summed E-state index contributed by atoms with van der Waals surface area (Å²) in [6.45, 7) is 3.49. The molecule has 0 radical (unpaired) electrons. The second-order valence-corrected chi connectivity index (χ2v) is 4.81. The Kier molecular flexibility index (Phi) is 3.93. The van der Waals surface area contributed by atoms with Crippen LogP contribution >= 0.6 is 0 Å². The predicted octanol–water partition coefficient (Wildman–Crippen LogP) is 2.96. The van der Waals surface area contributed by atoms with Crippen molar-refractivity contribution in [2.24, 2.45) is 0 Å². The predicted molar refractivity (Wildman–Crippen MR) is 78.9 cm³/mol. The van der Waals surface area contributed by atoms with Gasteiger partial charge >= 0.3 is 5.97 Å². The number of phenolic OH excluding ortho intramolecular Hbond substituents is 1. The highest BCUT2D eigenvalue weighted by atomic mass is 16.4. The average Bonchev–Trinajstić information content (AvgIpc) is 2.43. The van der Waals surface area contributed by atoms with Gasteiger partial charge < -0.3 is 15.5 Å². The van der Waals surface area contributed by atoms with Gasteiger partial charge in [0, 0.05) is 5.69 Å². The molecule has 0 aliphatic rings. The van der Waals surface area contributed by atoms with Gasteiger partial charge in [-0.2, -0.15) is 0 Å². The van der Waals surface area contributed by atoms with Crippen LogP contribution in [0.1, 0.15) is 31.8 Å². The number of carboxylic acid groups (broad SMARTS) is 1. The summed E-state index contributed by atoms with van der Waals surface area (Å²) >= 11 is 0. The normalized spacial score (nSPS) is 10.2. The van der Waals surface area contributed by atoms with Gasteiger partial charge in [0.1, 0.15) is 5.75 Å². The summed E-state index contributed by atoms with van der Waals surface area (Å²) in [5.74, 6) is -1.66. The Hall–Kier alpha value is -2.82. The minimum atomic E-state index is -1.05. The quantitative estimate of drug-likeness (QED) is 0.809. The Morgan fingerprint density at radius 1 is 1.00 bits per heavy atom. The zero-order valence-electron chi connectivity index (χ0n) is 11.7. The van der Waals surface area contributed by atoms with Crippen LogP contribution in [0.2, 0.25) is 0 Å². The summed E-state index contributed by atoms with van der Waals surface area (Å²) in [6.07, 6.45) is 0. The van der Waals surface area contributed by atoms with Gasteiger partial charge in [-0.15, -0.1) is 0 Å². The van der Waals surface area contributed by atoms with Gasteiger partial charge in [0.15, 0.2) is 0 Å². The van der Waals surface area contributed by atoms with Crippen LogP contribution in [0.25, 0.3) is 0 Å². The number of aryl methyl sites for hydroxylation is 2.